The first kappa shape index (κ1) is 11.9. The third-order valence-electron chi connectivity index (χ3n) is 2.08. The molecule has 0 atom stereocenters. The number of methoxy groups -OCH3 is 1. The number of fused-ring (bicyclic) bond motifs is 1. The van der Waals surface area contributed by atoms with E-state index >= 15 is 0 Å². The number of nitrogens with zero attached hydrogens (tertiary/aromatic N) is 1. The molecule has 0 saturated carbocycles. The van der Waals surface area contributed by atoms with Gasteiger partial charge in [0.2, 0.25) is 0 Å². The molecule has 2 rings (SSSR count). The summed E-state index contributed by atoms with van der Waals surface area (Å²) in [5, 5.41) is 7.79. The van der Waals surface area contributed by atoms with Gasteiger partial charge in [0.25, 0.3) is 0 Å². The van der Waals surface area contributed by atoms with Crippen molar-refractivity contribution in [1.82, 2.24) is 10.2 Å². The summed E-state index contributed by atoms with van der Waals surface area (Å²) < 4.78 is 5.82. The number of esters is 1. The first-order chi connectivity index (χ1) is 7.56. The van der Waals surface area contributed by atoms with Crippen LogP contribution < -0.4 is 0 Å². The Kier molecular flexibility index (Phi) is 3.23. The minimum atomic E-state index is -0.471. The average molecular weight is 368 g/mol. The number of ether oxygens (including phenoxy) is 1. The van der Waals surface area contributed by atoms with Crippen molar-refractivity contribution in [2.24, 2.45) is 0 Å². The van der Waals surface area contributed by atoms with Gasteiger partial charge in [0, 0.05) is 5.39 Å². The molecule has 0 unspecified atom stereocenters. The van der Waals surface area contributed by atoms with Crippen LogP contribution in [0.4, 0.5) is 0 Å². The lowest BCUT2D eigenvalue weighted by atomic mass is 10.1. The number of carbonyl (C=O) groups is 1. The predicted molar refractivity (Wildman–Crippen MR) is 67.8 cm³/mol. The van der Waals surface area contributed by atoms with Gasteiger partial charge in [-0.25, -0.2) is 4.79 Å². The number of H-pyrrole nitrogens is 1. The molecule has 1 aromatic carbocycles. The van der Waals surface area contributed by atoms with E-state index in [1.165, 1.54) is 7.11 Å². The van der Waals surface area contributed by atoms with Crippen molar-refractivity contribution in [1.29, 1.82) is 0 Å². The maximum Gasteiger partial charge on any atom is 0.339 e. The Balaban J connectivity index is 2.90. The number of aromatic nitrogens is 2. The summed E-state index contributed by atoms with van der Waals surface area (Å²) in [4.78, 5) is 11.7. The summed E-state index contributed by atoms with van der Waals surface area (Å²) in [5.41, 5.74) is 0.950. The highest BCUT2D eigenvalue weighted by Crippen LogP contribution is 2.36. The number of hydrogen-bond donors (Lipinski definition) is 1. The van der Waals surface area contributed by atoms with Crippen molar-refractivity contribution in [3.63, 3.8) is 0 Å². The Morgan fingerprint density at radius 3 is 2.88 bits per heavy atom. The predicted octanol–water partition coefficient (Wildman–Crippen LogP) is 3.53. The largest absolute Gasteiger partial charge is 0.465 e. The molecule has 1 heterocycles. The molecule has 0 aliphatic heterocycles. The molecule has 0 saturated heterocycles. The van der Waals surface area contributed by atoms with Crippen molar-refractivity contribution in [2.75, 3.05) is 7.11 Å². The van der Waals surface area contributed by atoms with Gasteiger partial charge in [-0.1, -0.05) is 11.6 Å². The van der Waals surface area contributed by atoms with Crippen LogP contribution in [0.1, 0.15) is 10.4 Å². The van der Waals surface area contributed by atoms with Crippen molar-refractivity contribution in [3.8, 4) is 0 Å². The van der Waals surface area contributed by atoms with E-state index < -0.39 is 5.97 Å². The summed E-state index contributed by atoms with van der Waals surface area (Å²) in [6.07, 6.45) is 0. The minimum absolute atomic E-state index is 0.352. The van der Waals surface area contributed by atoms with E-state index in [0.29, 0.717) is 30.6 Å². The molecule has 0 spiro atoms. The van der Waals surface area contributed by atoms with Gasteiger partial charge >= 0.3 is 5.97 Å². The number of benzene rings is 1. The number of nitrogens with one attached hydrogen (secondary N) is 1. The summed E-state index contributed by atoms with van der Waals surface area (Å²) in [5.74, 6) is -0.471. The highest BCUT2D eigenvalue weighted by molar-refractivity contribution is 9.11. The third-order valence-corrected chi connectivity index (χ3v) is 4.01. The average Bonchev–Trinajstić information content (AvgIpc) is 2.61. The van der Waals surface area contributed by atoms with E-state index in [0.717, 1.165) is 0 Å². The summed E-state index contributed by atoms with van der Waals surface area (Å²) in [7, 11) is 1.31. The third kappa shape index (κ3) is 1.74. The van der Waals surface area contributed by atoms with Crippen molar-refractivity contribution in [3.05, 3.63) is 25.7 Å². The van der Waals surface area contributed by atoms with Gasteiger partial charge in [-0.05, 0) is 37.9 Å². The molecule has 1 N–H and O–H groups in total. The topological polar surface area (TPSA) is 55.0 Å². The second-order valence-corrected chi connectivity index (χ2v) is 4.96. The van der Waals surface area contributed by atoms with E-state index in [2.05, 4.69) is 42.1 Å². The molecular weight excluding hydrogens is 363 g/mol. The number of halogens is 3. The fourth-order valence-electron chi connectivity index (χ4n) is 1.38. The molecule has 16 heavy (non-hydrogen) atoms. The zero-order valence-corrected chi connectivity index (χ0v) is 11.9. The zero-order chi connectivity index (χ0) is 11.9. The number of hydrogen-bond acceptors (Lipinski definition) is 3. The first-order valence-electron chi connectivity index (χ1n) is 4.16. The fourth-order valence-corrected chi connectivity index (χ4v) is 2.54. The Hall–Kier alpha value is -0.590. The van der Waals surface area contributed by atoms with Crippen LogP contribution in [0, 0.1) is 0 Å². The molecule has 2 aromatic rings. The van der Waals surface area contributed by atoms with Crippen LogP contribution in [-0.4, -0.2) is 23.3 Å². The molecule has 0 aliphatic rings. The number of rotatable bonds is 1. The van der Waals surface area contributed by atoms with E-state index in [9.17, 15) is 4.79 Å². The van der Waals surface area contributed by atoms with Gasteiger partial charge < -0.3 is 4.74 Å². The van der Waals surface area contributed by atoms with Gasteiger partial charge in [0.15, 0.2) is 0 Å². The summed E-state index contributed by atoms with van der Waals surface area (Å²) in [6.45, 7) is 0. The van der Waals surface area contributed by atoms with E-state index in [4.69, 9.17) is 16.3 Å². The van der Waals surface area contributed by atoms with Gasteiger partial charge in [0.1, 0.15) is 4.60 Å². The monoisotopic (exact) mass is 366 g/mol. The second kappa shape index (κ2) is 4.35. The molecule has 1 aromatic heterocycles. The summed E-state index contributed by atoms with van der Waals surface area (Å²) >= 11 is 12.5. The van der Waals surface area contributed by atoms with Crippen molar-refractivity contribution >= 4 is 60.3 Å². The van der Waals surface area contributed by atoms with Gasteiger partial charge in [-0.2, -0.15) is 5.10 Å². The standard InChI is InChI=1S/C9H5Br2ClN2O2/c1-16-9(15)6-5-4(13-14-8(5)11)2-3(12)7(6)10/h2H,1H3,(H,13,14). The molecule has 0 bridgehead atoms. The van der Waals surface area contributed by atoms with Crippen LogP contribution in [0.25, 0.3) is 10.9 Å². The number of carbonyl (C=O) groups excluding carboxylic acids is 1. The van der Waals surface area contributed by atoms with Crippen LogP contribution in [0.15, 0.2) is 15.1 Å². The molecule has 0 aliphatic carbocycles. The quantitative estimate of drug-likeness (QED) is 0.784. The van der Waals surface area contributed by atoms with E-state index in [1.807, 2.05) is 0 Å². The Morgan fingerprint density at radius 1 is 1.56 bits per heavy atom. The Morgan fingerprint density at radius 2 is 2.25 bits per heavy atom. The van der Waals surface area contributed by atoms with E-state index in [1.54, 1.807) is 6.07 Å². The van der Waals surface area contributed by atoms with Gasteiger partial charge in [-0.15, -0.1) is 0 Å². The van der Waals surface area contributed by atoms with Crippen molar-refractivity contribution < 1.29 is 9.53 Å². The zero-order valence-electron chi connectivity index (χ0n) is 7.97. The molecule has 0 fully saturated rings. The maximum absolute atomic E-state index is 11.7. The highest BCUT2D eigenvalue weighted by Gasteiger charge is 2.21. The second-order valence-electron chi connectivity index (χ2n) is 2.97. The van der Waals surface area contributed by atoms with Crippen LogP contribution >= 0.6 is 43.5 Å². The van der Waals surface area contributed by atoms with Crippen LogP contribution in [0.5, 0.6) is 0 Å². The molecular formula is C9H5Br2ClN2O2. The van der Waals surface area contributed by atoms with Crippen LogP contribution in [-0.2, 0) is 4.74 Å². The smallest absolute Gasteiger partial charge is 0.339 e. The van der Waals surface area contributed by atoms with Crippen molar-refractivity contribution in [2.45, 2.75) is 0 Å². The Bertz CT molecular complexity index is 582. The molecule has 0 radical (unpaired) electrons. The fraction of sp³-hybridized carbons (Fsp3) is 0.111. The van der Waals surface area contributed by atoms with E-state index in [-0.39, 0.29) is 0 Å². The highest BCUT2D eigenvalue weighted by atomic mass is 79.9. The van der Waals surface area contributed by atoms with Crippen LogP contribution in [0.2, 0.25) is 5.02 Å². The SMILES string of the molecule is COC(=O)c1c(Br)c(Cl)cc2n[nH]c(Br)c12. The maximum atomic E-state index is 11.7. The Labute approximate surface area is 113 Å². The molecule has 0 amide bonds. The molecule has 7 heteroatoms. The lowest BCUT2D eigenvalue weighted by molar-refractivity contribution is 0.0602. The normalized spacial score (nSPS) is 10.8. The lowest BCUT2D eigenvalue weighted by Crippen LogP contribution is -2.03. The van der Waals surface area contributed by atoms with Gasteiger partial charge in [0.05, 0.1) is 27.7 Å². The molecule has 84 valence electrons. The molecule has 4 nitrogen and oxygen atoms in total. The van der Waals surface area contributed by atoms with Gasteiger partial charge in [-0.3, -0.25) is 5.10 Å². The van der Waals surface area contributed by atoms with Crippen LogP contribution in [0.3, 0.4) is 0 Å². The lowest BCUT2D eigenvalue weighted by Gasteiger charge is -2.05. The minimum Gasteiger partial charge on any atom is -0.465 e. The first-order valence-corrected chi connectivity index (χ1v) is 6.12. The number of aromatic amines is 1. The summed E-state index contributed by atoms with van der Waals surface area (Å²) in [6, 6.07) is 1.66.